The van der Waals surface area contributed by atoms with Gasteiger partial charge in [-0.2, -0.15) is 11.8 Å². The SMILES string of the molecule is CN=C(NCCCSC)N1CCC(=Cc2ccccc2)CC1.I. The molecule has 0 atom stereocenters. The summed E-state index contributed by atoms with van der Waals surface area (Å²) >= 11 is 1.90. The largest absolute Gasteiger partial charge is 0.356 e. The first-order valence-corrected chi connectivity index (χ1v) is 9.42. The van der Waals surface area contributed by atoms with E-state index >= 15 is 0 Å². The van der Waals surface area contributed by atoms with E-state index in [1.54, 1.807) is 5.57 Å². The lowest BCUT2D eigenvalue weighted by atomic mass is 10.0. The molecule has 1 aliphatic heterocycles. The number of guanidine groups is 1. The van der Waals surface area contributed by atoms with Gasteiger partial charge in [-0.25, -0.2) is 0 Å². The second-order valence-corrected chi connectivity index (χ2v) is 6.51. The Morgan fingerprint density at radius 3 is 2.57 bits per heavy atom. The predicted molar refractivity (Wildman–Crippen MR) is 115 cm³/mol. The smallest absolute Gasteiger partial charge is 0.193 e. The Morgan fingerprint density at radius 1 is 1.26 bits per heavy atom. The molecule has 0 aromatic heterocycles. The summed E-state index contributed by atoms with van der Waals surface area (Å²) in [5.74, 6) is 2.26. The Kier molecular flexibility index (Phi) is 10.4. The minimum absolute atomic E-state index is 0. The topological polar surface area (TPSA) is 27.6 Å². The van der Waals surface area contributed by atoms with Gasteiger partial charge < -0.3 is 10.2 Å². The molecule has 2 rings (SSSR count). The van der Waals surface area contributed by atoms with Gasteiger partial charge in [0.1, 0.15) is 0 Å². The molecule has 5 heteroatoms. The molecule has 0 spiro atoms. The van der Waals surface area contributed by atoms with E-state index in [1.165, 1.54) is 17.7 Å². The van der Waals surface area contributed by atoms with Crippen molar-refractivity contribution in [3.05, 3.63) is 41.5 Å². The van der Waals surface area contributed by atoms with Crippen molar-refractivity contribution in [2.75, 3.05) is 38.7 Å². The third-order valence-electron chi connectivity index (χ3n) is 3.90. The minimum Gasteiger partial charge on any atom is -0.356 e. The molecule has 1 aliphatic rings. The van der Waals surface area contributed by atoms with Gasteiger partial charge in [-0.1, -0.05) is 42.0 Å². The van der Waals surface area contributed by atoms with Crippen LogP contribution in [0.4, 0.5) is 0 Å². The van der Waals surface area contributed by atoms with Crippen molar-refractivity contribution in [2.45, 2.75) is 19.3 Å². The molecule has 23 heavy (non-hydrogen) atoms. The second kappa shape index (κ2) is 11.8. The third-order valence-corrected chi connectivity index (χ3v) is 4.59. The van der Waals surface area contributed by atoms with E-state index in [1.807, 2.05) is 18.8 Å². The quantitative estimate of drug-likeness (QED) is 0.320. The molecule has 0 amide bonds. The number of piperidine rings is 1. The summed E-state index contributed by atoms with van der Waals surface area (Å²) in [6.07, 6.45) is 7.93. The van der Waals surface area contributed by atoms with Crippen molar-refractivity contribution >= 4 is 47.8 Å². The maximum absolute atomic E-state index is 4.42. The van der Waals surface area contributed by atoms with Gasteiger partial charge >= 0.3 is 0 Å². The Balaban J connectivity index is 0.00000264. The molecular weight excluding hydrogens is 417 g/mol. The summed E-state index contributed by atoms with van der Waals surface area (Å²) in [6, 6.07) is 10.6. The fourth-order valence-corrected chi connectivity index (χ4v) is 3.12. The van der Waals surface area contributed by atoms with E-state index in [2.05, 4.69) is 57.9 Å². The Hall–Kier alpha value is -0.690. The molecule has 0 aliphatic carbocycles. The maximum Gasteiger partial charge on any atom is 0.193 e. The number of rotatable bonds is 5. The van der Waals surface area contributed by atoms with Crippen LogP contribution >= 0.6 is 35.7 Å². The van der Waals surface area contributed by atoms with E-state index in [4.69, 9.17) is 0 Å². The minimum atomic E-state index is 0. The second-order valence-electron chi connectivity index (χ2n) is 5.52. The van der Waals surface area contributed by atoms with Gasteiger partial charge in [0.25, 0.3) is 0 Å². The van der Waals surface area contributed by atoms with Gasteiger partial charge in [-0.3, -0.25) is 4.99 Å². The third kappa shape index (κ3) is 7.16. The van der Waals surface area contributed by atoms with E-state index in [9.17, 15) is 0 Å². The van der Waals surface area contributed by atoms with Crippen LogP contribution in [0, 0.1) is 0 Å². The number of aliphatic imine (C=N–C) groups is 1. The number of likely N-dealkylation sites (tertiary alicyclic amines) is 1. The number of nitrogens with zero attached hydrogens (tertiary/aromatic N) is 2. The average molecular weight is 445 g/mol. The molecule has 1 fully saturated rings. The Bertz CT molecular complexity index is 492. The summed E-state index contributed by atoms with van der Waals surface area (Å²) in [5.41, 5.74) is 2.85. The van der Waals surface area contributed by atoms with Crippen LogP contribution in [0.25, 0.3) is 6.08 Å². The van der Waals surface area contributed by atoms with Crippen LogP contribution in [0.2, 0.25) is 0 Å². The van der Waals surface area contributed by atoms with Gasteiger partial charge in [0.2, 0.25) is 0 Å². The van der Waals surface area contributed by atoms with Crippen molar-refractivity contribution in [1.29, 1.82) is 0 Å². The van der Waals surface area contributed by atoms with Gasteiger partial charge in [0.15, 0.2) is 5.96 Å². The van der Waals surface area contributed by atoms with Crippen LogP contribution in [-0.2, 0) is 0 Å². The average Bonchev–Trinajstić information content (AvgIpc) is 2.57. The number of hydrogen-bond acceptors (Lipinski definition) is 2. The zero-order valence-electron chi connectivity index (χ0n) is 14.1. The monoisotopic (exact) mass is 445 g/mol. The first-order chi connectivity index (χ1) is 10.8. The van der Waals surface area contributed by atoms with Crippen LogP contribution in [0.15, 0.2) is 40.9 Å². The lowest BCUT2D eigenvalue weighted by Crippen LogP contribution is -2.44. The fraction of sp³-hybridized carbons (Fsp3) is 0.500. The van der Waals surface area contributed by atoms with E-state index in [0.29, 0.717) is 0 Å². The molecule has 0 radical (unpaired) electrons. The predicted octanol–water partition coefficient (Wildman–Crippen LogP) is 4.11. The molecule has 0 saturated carbocycles. The van der Waals surface area contributed by atoms with Crippen LogP contribution in [-0.4, -0.2) is 49.6 Å². The number of hydrogen-bond donors (Lipinski definition) is 1. The van der Waals surface area contributed by atoms with E-state index < -0.39 is 0 Å². The highest BCUT2D eigenvalue weighted by molar-refractivity contribution is 14.0. The first-order valence-electron chi connectivity index (χ1n) is 8.02. The van der Waals surface area contributed by atoms with Crippen LogP contribution < -0.4 is 5.32 Å². The van der Waals surface area contributed by atoms with Crippen molar-refractivity contribution < 1.29 is 0 Å². The fourth-order valence-electron chi connectivity index (χ4n) is 2.68. The standard InChI is InChI=1S/C18H27N3S.HI/c1-19-18(20-11-6-14-22-2)21-12-9-17(10-13-21)15-16-7-4-3-5-8-16;/h3-5,7-8,15H,6,9-14H2,1-2H3,(H,19,20);1H. The lowest BCUT2D eigenvalue weighted by Gasteiger charge is -2.31. The van der Waals surface area contributed by atoms with Gasteiger partial charge in [0.05, 0.1) is 0 Å². The summed E-state index contributed by atoms with van der Waals surface area (Å²) in [7, 11) is 1.88. The number of thioether (sulfide) groups is 1. The molecular formula is C18H28IN3S. The van der Waals surface area contributed by atoms with Gasteiger partial charge in [0, 0.05) is 26.7 Å². The Morgan fingerprint density at radius 2 is 1.96 bits per heavy atom. The zero-order valence-corrected chi connectivity index (χ0v) is 17.3. The molecule has 1 saturated heterocycles. The number of halogens is 1. The van der Waals surface area contributed by atoms with Crippen molar-refractivity contribution in [2.24, 2.45) is 4.99 Å². The summed E-state index contributed by atoms with van der Waals surface area (Å²) in [6.45, 7) is 3.12. The highest BCUT2D eigenvalue weighted by atomic mass is 127. The summed E-state index contributed by atoms with van der Waals surface area (Å²) < 4.78 is 0. The molecule has 1 N–H and O–H groups in total. The van der Waals surface area contributed by atoms with Crippen LogP contribution in [0.1, 0.15) is 24.8 Å². The van der Waals surface area contributed by atoms with Gasteiger partial charge in [-0.15, -0.1) is 24.0 Å². The van der Waals surface area contributed by atoms with Crippen molar-refractivity contribution in [1.82, 2.24) is 10.2 Å². The summed E-state index contributed by atoms with van der Waals surface area (Å²) in [4.78, 5) is 6.80. The molecule has 1 aromatic rings. The molecule has 1 aromatic carbocycles. The molecule has 0 unspecified atom stereocenters. The van der Waals surface area contributed by atoms with Crippen LogP contribution in [0.5, 0.6) is 0 Å². The zero-order chi connectivity index (χ0) is 15.6. The molecule has 0 bridgehead atoms. The number of nitrogens with one attached hydrogen (secondary N) is 1. The molecule has 1 heterocycles. The summed E-state index contributed by atoms with van der Waals surface area (Å²) in [5, 5.41) is 3.48. The van der Waals surface area contributed by atoms with Gasteiger partial charge in [-0.05, 0) is 36.8 Å². The molecule has 3 nitrogen and oxygen atoms in total. The highest BCUT2D eigenvalue weighted by Crippen LogP contribution is 2.19. The van der Waals surface area contributed by atoms with E-state index in [-0.39, 0.29) is 24.0 Å². The van der Waals surface area contributed by atoms with Crippen LogP contribution in [0.3, 0.4) is 0 Å². The van der Waals surface area contributed by atoms with Crippen molar-refractivity contribution in [3.8, 4) is 0 Å². The van der Waals surface area contributed by atoms with Crippen molar-refractivity contribution in [3.63, 3.8) is 0 Å². The maximum atomic E-state index is 4.42. The first kappa shape index (κ1) is 20.4. The normalized spacial score (nSPS) is 15.1. The Labute approximate surface area is 162 Å². The van der Waals surface area contributed by atoms with E-state index in [0.717, 1.165) is 38.4 Å². The lowest BCUT2D eigenvalue weighted by molar-refractivity contribution is 0.375. The highest BCUT2D eigenvalue weighted by Gasteiger charge is 2.16. The number of benzene rings is 1. The molecule has 128 valence electrons.